The molecule has 3 heteroatoms. The van der Waals surface area contributed by atoms with E-state index in [1.807, 2.05) is 78.7 Å². The number of rotatable bonds is 8. The molecule has 0 aromatic heterocycles. The van der Waals surface area contributed by atoms with Gasteiger partial charge in [-0.15, -0.1) is 0 Å². The van der Waals surface area contributed by atoms with Gasteiger partial charge in [0.2, 0.25) is 0 Å². The molecule has 0 amide bonds. The molecular formula is C19H33BO2. The van der Waals surface area contributed by atoms with Crippen LogP contribution < -0.4 is 0 Å². The molecule has 2 nitrogen and oxygen atoms in total. The SMILES string of the molecule is C=C/C=C(\C=C/C)OB(C)O/C(C=C)=C/C=C\C.CC.CC. The lowest BCUT2D eigenvalue weighted by Crippen LogP contribution is -2.17. The van der Waals surface area contributed by atoms with E-state index in [0.717, 1.165) is 0 Å². The molecule has 0 fully saturated rings. The van der Waals surface area contributed by atoms with E-state index in [9.17, 15) is 0 Å². The third-order valence-electron chi connectivity index (χ3n) is 1.87. The first-order valence-electron chi connectivity index (χ1n) is 7.92. The van der Waals surface area contributed by atoms with Crippen molar-refractivity contribution in [3.63, 3.8) is 0 Å². The molecule has 0 saturated heterocycles. The Morgan fingerprint density at radius 2 is 1.41 bits per heavy atom. The molecule has 0 aromatic rings. The molecule has 0 aliphatic rings. The smallest absolute Gasteiger partial charge is 0.526 e. The highest BCUT2D eigenvalue weighted by Crippen LogP contribution is 2.08. The summed E-state index contributed by atoms with van der Waals surface area (Å²) in [5.74, 6) is 1.37. The van der Waals surface area contributed by atoms with Gasteiger partial charge in [0.1, 0.15) is 11.5 Å². The van der Waals surface area contributed by atoms with Crippen LogP contribution in [0.15, 0.2) is 73.3 Å². The van der Waals surface area contributed by atoms with Gasteiger partial charge in [-0.1, -0.05) is 65.2 Å². The summed E-state index contributed by atoms with van der Waals surface area (Å²) in [7, 11) is -0.401. The Bertz CT molecular complexity index is 377. The highest BCUT2D eigenvalue weighted by atomic mass is 16.6. The van der Waals surface area contributed by atoms with Gasteiger partial charge in [-0.3, -0.25) is 0 Å². The number of hydrogen-bond donors (Lipinski definition) is 0. The number of allylic oxidation sites excluding steroid dienone is 8. The Morgan fingerprint density at radius 1 is 0.864 bits per heavy atom. The topological polar surface area (TPSA) is 18.5 Å². The minimum atomic E-state index is -0.401. The second kappa shape index (κ2) is 21.4. The molecule has 0 aliphatic carbocycles. The molecule has 0 atom stereocenters. The van der Waals surface area contributed by atoms with Crippen LogP contribution in [0.2, 0.25) is 6.82 Å². The van der Waals surface area contributed by atoms with E-state index in [1.165, 1.54) is 0 Å². The molecule has 0 aliphatic heterocycles. The fourth-order valence-corrected chi connectivity index (χ4v) is 1.17. The van der Waals surface area contributed by atoms with Crippen molar-refractivity contribution in [1.82, 2.24) is 0 Å². The zero-order chi connectivity index (χ0) is 17.8. The van der Waals surface area contributed by atoms with Crippen LogP contribution in [0.3, 0.4) is 0 Å². The van der Waals surface area contributed by atoms with Gasteiger partial charge in [0.25, 0.3) is 0 Å². The van der Waals surface area contributed by atoms with Crippen LogP contribution in [0.1, 0.15) is 41.5 Å². The Morgan fingerprint density at radius 3 is 1.82 bits per heavy atom. The maximum absolute atomic E-state index is 5.61. The van der Waals surface area contributed by atoms with Crippen molar-refractivity contribution in [2.24, 2.45) is 0 Å². The van der Waals surface area contributed by atoms with E-state index in [4.69, 9.17) is 9.31 Å². The zero-order valence-electron chi connectivity index (χ0n) is 15.4. The molecule has 0 aromatic carbocycles. The van der Waals surface area contributed by atoms with Crippen LogP contribution in [0.25, 0.3) is 0 Å². The summed E-state index contributed by atoms with van der Waals surface area (Å²) >= 11 is 0. The fraction of sp³-hybridized carbons (Fsp3) is 0.368. The van der Waals surface area contributed by atoms with Gasteiger partial charge in [-0.25, -0.2) is 0 Å². The van der Waals surface area contributed by atoms with E-state index in [0.29, 0.717) is 11.5 Å². The van der Waals surface area contributed by atoms with Gasteiger partial charge in [-0.2, -0.15) is 0 Å². The summed E-state index contributed by atoms with van der Waals surface area (Å²) in [5.41, 5.74) is 0. The molecule has 0 unspecified atom stereocenters. The zero-order valence-corrected chi connectivity index (χ0v) is 15.4. The van der Waals surface area contributed by atoms with Gasteiger partial charge in [-0.05, 0) is 45.0 Å². The average molecular weight is 304 g/mol. The van der Waals surface area contributed by atoms with Crippen LogP contribution in [0, 0.1) is 0 Å². The van der Waals surface area contributed by atoms with Crippen molar-refractivity contribution in [3.8, 4) is 0 Å². The summed E-state index contributed by atoms with van der Waals surface area (Å²) in [6.07, 6.45) is 14.5. The molecule has 0 spiro atoms. The van der Waals surface area contributed by atoms with E-state index in [-0.39, 0.29) is 0 Å². The first-order valence-corrected chi connectivity index (χ1v) is 7.92. The molecular weight excluding hydrogens is 271 g/mol. The Kier molecular flexibility index (Phi) is 24.4. The van der Waals surface area contributed by atoms with Gasteiger partial charge in [0, 0.05) is 0 Å². The molecule has 124 valence electrons. The van der Waals surface area contributed by atoms with E-state index in [1.54, 1.807) is 18.2 Å². The van der Waals surface area contributed by atoms with E-state index < -0.39 is 7.12 Å². The molecule has 0 heterocycles. The molecule has 0 saturated carbocycles. The second-order valence-corrected chi connectivity index (χ2v) is 3.41. The highest BCUT2D eigenvalue weighted by Gasteiger charge is 2.15. The summed E-state index contributed by atoms with van der Waals surface area (Å²) in [5, 5.41) is 0. The minimum Gasteiger partial charge on any atom is -0.526 e. The van der Waals surface area contributed by atoms with Crippen LogP contribution in [-0.4, -0.2) is 7.12 Å². The summed E-state index contributed by atoms with van der Waals surface area (Å²) in [4.78, 5) is 0. The first kappa shape index (κ1) is 25.1. The molecule has 0 N–H and O–H groups in total. The lowest BCUT2D eigenvalue weighted by Gasteiger charge is -2.14. The van der Waals surface area contributed by atoms with Crippen molar-refractivity contribution in [1.29, 1.82) is 0 Å². The quantitative estimate of drug-likeness (QED) is 0.290. The van der Waals surface area contributed by atoms with Gasteiger partial charge in [0.05, 0.1) is 0 Å². The van der Waals surface area contributed by atoms with E-state index in [2.05, 4.69) is 13.2 Å². The summed E-state index contributed by atoms with van der Waals surface area (Å²) in [6, 6.07) is 0. The predicted molar refractivity (Wildman–Crippen MR) is 103 cm³/mol. The van der Waals surface area contributed by atoms with Crippen LogP contribution in [0.5, 0.6) is 0 Å². The fourth-order valence-electron chi connectivity index (χ4n) is 1.17. The lowest BCUT2D eigenvalue weighted by molar-refractivity contribution is 0.316. The largest absolute Gasteiger partial charge is 0.591 e. The van der Waals surface area contributed by atoms with Crippen LogP contribution in [-0.2, 0) is 9.31 Å². The van der Waals surface area contributed by atoms with Gasteiger partial charge < -0.3 is 9.31 Å². The van der Waals surface area contributed by atoms with E-state index >= 15 is 0 Å². The lowest BCUT2D eigenvalue weighted by atomic mass is 9.94. The highest BCUT2D eigenvalue weighted by molar-refractivity contribution is 6.43. The second-order valence-electron chi connectivity index (χ2n) is 3.41. The van der Waals surface area contributed by atoms with Crippen molar-refractivity contribution in [2.75, 3.05) is 0 Å². The van der Waals surface area contributed by atoms with Gasteiger partial charge in [0.15, 0.2) is 0 Å². The normalized spacial score (nSPS) is 11.0. The van der Waals surface area contributed by atoms with Crippen molar-refractivity contribution in [2.45, 2.75) is 48.4 Å². The molecule has 0 bridgehead atoms. The average Bonchev–Trinajstić information content (AvgIpc) is 2.55. The first-order chi connectivity index (χ1) is 10.7. The monoisotopic (exact) mass is 304 g/mol. The molecule has 0 rings (SSSR count). The Labute approximate surface area is 138 Å². The number of hydrogen-bond acceptors (Lipinski definition) is 2. The molecule has 0 radical (unpaired) electrons. The Hall–Kier alpha value is -1.90. The van der Waals surface area contributed by atoms with Crippen molar-refractivity contribution in [3.05, 3.63) is 73.3 Å². The maximum Gasteiger partial charge on any atom is 0.591 e. The van der Waals surface area contributed by atoms with Crippen LogP contribution >= 0.6 is 0 Å². The van der Waals surface area contributed by atoms with Gasteiger partial charge >= 0.3 is 7.12 Å². The third kappa shape index (κ3) is 16.2. The van der Waals surface area contributed by atoms with Crippen molar-refractivity contribution >= 4 is 7.12 Å². The maximum atomic E-state index is 5.61. The summed E-state index contributed by atoms with van der Waals surface area (Å²) < 4.78 is 11.2. The standard InChI is InChI=1S/C15H21BO2.2C2H6/c1-6-10-13-14(9-4)17-16(5)18-15(11-7-2)12-8-3;2*1-2/h6-13H,2,4H2,1,3,5H3;2*1-2H3/b10-6-,12-8-,14-13+,15-11+;;. The third-order valence-corrected chi connectivity index (χ3v) is 1.87. The summed E-state index contributed by atoms with van der Waals surface area (Å²) in [6.45, 7) is 21.0. The van der Waals surface area contributed by atoms with Crippen LogP contribution in [0.4, 0.5) is 0 Å². The Balaban J connectivity index is -0.000000826. The van der Waals surface area contributed by atoms with Crippen molar-refractivity contribution < 1.29 is 9.31 Å². The minimum absolute atomic E-state index is 0.401. The predicted octanol–water partition coefficient (Wildman–Crippen LogP) is 6.48. The molecule has 22 heavy (non-hydrogen) atoms.